The highest BCUT2D eigenvalue weighted by molar-refractivity contribution is 5.48. The maximum absolute atomic E-state index is 10.5. The van der Waals surface area contributed by atoms with E-state index in [1.165, 1.54) is 12.0 Å². The first-order valence-corrected chi connectivity index (χ1v) is 9.67. The van der Waals surface area contributed by atoms with Gasteiger partial charge in [0.15, 0.2) is 0 Å². The Morgan fingerprint density at radius 1 is 1.08 bits per heavy atom. The molecule has 3 heteroatoms. The summed E-state index contributed by atoms with van der Waals surface area (Å²) in [5.41, 5.74) is 2.70. The van der Waals surface area contributed by atoms with Crippen LogP contribution < -0.4 is 4.74 Å². The van der Waals surface area contributed by atoms with Crippen LogP contribution in [-0.4, -0.2) is 35.7 Å². The van der Waals surface area contributed by atoms with Crippen LogP contribution in [0.1, 0.15) is 38.3 Å². The topological polar surface area (TPSA) is 32.7 Å². The monoisotopic (exact) mass is 351 g/mol. The molecule has 0 aromatic heterocycles. The van der Waals surface area contributed by atoms with Gasteiger partial charge >= 0.3 is 0 Å². The third-order valence-electron chi connectivity index (χ3n) is 7.13. The fraction of sp³-hybridized carbons (Fsp3) is 0.478. The van der Waals surface area contributed by atoms with E-state index >= 15 is 0 Å². The van der Waals surface area contributed by atoms with E-state index in [1.54, 1.807) is 0 Å². The van der Waals surface area contributed by atoms with Gasteiger partial charge in [0.25, 0.3) is 0 Å². The SMILES string of the molecule is CC1(C)c2cccc(O)c2CC2N(CCOc3ccccc3)CCC21C. The minimum atomic E-state index is 0.0407. The third kappa shape index (κ3) is 2.61. The fourth-order valence-corrected chi connectivity index (χ4v) is 5.13. The van der Waals surface area contributed by atoms with Crippen LogP contribution in [0.4, 0.5) is 0 Å². The van der Waals surface area contributed by atoms with Crippen molar-refractivity contribution in [1.29, 1.82) is 0 Å². The number of nitrogens with zero attached hydrogens (tertiary/aromatic N) is 1. The van der Waals surface area contributed by atoms with Crippen molar-refractivity contribution in [2.24, 2.45) is 5.41 Å². The van der Waals surface area contributed by atoms with Gasteiger partial charge in [0.1, 0.15) is 18.1 Å². The summed E-state index contributed by atoms with van der Waals surface area (Å²) in [6.45, 7) is 9.85. The highest BCUT2D eigenvalue weighted by atomic mass is 16.5. The summed E-state index contributed by atoms with van der Waals surface area (Å²) in [5, 5.41) is 10.5. The van der Waals surface area contributed by atoms with E-state index in [2.05, 4.69) is 31.7 Å². The summed E-state index contributed by atoms with van der Waals surface area (Å²) in [7, 11) is 0. The number of para-hydroxylation sites is 1. The molecule has 1 fully saturated rings. The summed E-state index contributed by atoms with van der Waals surface area (Å²) in [6, 6.07) is 16.5. The number of benzene rings is 2. The molecule has 2 aromatic rings. The highest BCUT2D eigenvalue weighted by Gasteiger charge is 2.56. The van der Waals surface area contributed by atoms with Crippen LogP contribution in [-0.2, 0) is 11.8 Å². The van der Waals surface area contributed by atoms with Crippen molar-refractivity contribution < 1.29 is 9.84 Å². The van der Waals surface area contributed by atoms with Gasteiger partial charge in [-0.15, -0.1) is 0 Å². The molecular formula is C23H29NO2. The number of hydrogen-bond acceptors (Lipinski definition) is 3. The number of rotatable bonds is 4. The van der Waals surface area contributed by atoms with Gasteiger partial charge in [-0.2, -0.15) is 0 Å². The minimum Gasteiger partial charge on any atom is -0.508 e. The van der Waals surface area contributed by atoms with E-state index in [0.29, 0.717) is 18.4 Å². The van der Waals surface area contributed by atoms with Gasteiger partial charge in [0.2, 0.25) is 0 Å². The minimum absolute atomic E-state index is 0.0407. The Bertz CT molecular complexity index is 786. The van der Waals surface area contributed by atoms with Crippen molar-refractivity contribution in [3.63, 3.8) is 0 Å². The predicted octanol–water partition coefficient (Wildman–Crippen LogP) is 4.39. The zero-order valence-corrected chi connectivity index (χ0v) is 16.0. The summed E-state index contributed by atoms with van der Waals surface area (Å²) < 4.78 is 5.93. The van der Waals surface area contributed by atoms with E-state index in [9.17, 15) is 5.11 Å². The lowest BCUT2D eigenvalue weighted by Gasteiger charge is -2.52. The standard InChI is InChI=1S/C23H29NO2/c1-22(2)19-10-7-11-20(25)18(19)16-21-23(22,3)12-13-24(21)14-15-26-17-8-5-4-6-9-17/h4-11,21,25H,12-16H2,1-3H3. The molecule has 2 aliphatic rings. The van der Waals surface area contributed by atoms with Crippen LogP contribution >= 0.6 is 0 Å². The van der Waals surface area contributed by atoms with Gasteiger partial charge in [-0.1, -0.05) is 51.1 Å². The Balaban J connectivity index is 1.54. The second kappa shape index (κ2) is 6.31. The van der Waals surface area contributed by atoms with Crippen LogP contribution in [0.2, 0.25) is 0 Å². The molecule has 1 aliphatic carbocycles. The number of hydrogen-bond donors (Lipinski definition) is 1. The normalized spacial score (nSPS) is 27.0. The van der Waals surface area contributed by atoms with Crippen molar-refractivity contribution >= 4 is 0 Å². The Kier molecular flexibility index (Phi) is 4.23. The van der Waals surface area contributed by atoms with E-state index in [-0.39, 0.29) is 10.8 Å². The van der Waals surface area contributed by atoms with E-state index in [4.69, 9.17) is 4.74 Å². The van der Waals surface area contributed by atoms with Crippen molar-refractivity contribution in [3.05, 3.63) is 59.7 Å². The smallest absolute Gasteiger partial charge is 0.119 e. The Hall–Kier alpha value is -2.00. The van der Waals surface area contributed by atoms with Crippen molar-refractivity contribution in [2.45, 2.75) is 45.1 Å². The maximum Gasteiger partial charge on any atom is 0.119 e. The molecular weight excluding hydrogens is 322 g/mol. The summed E-state index contributed by atoms with van der Waals surface area (Å²) in [6.07, 6.45) is 2.11. The van der Waals surface area contributed by atoms with Crippen LogP contribution in [0.5, 0.6) is 11.5 Å². The molecule has 1 saturated heterocycles. The maximum atomic E-state index is 10.5. The summed E-state index contributed by atoms with van der Waals surface area (Å²) >= 11 is 0. The lowest BCUT2D eigenvalue weighted by atomic mass is 9.54. The van der Waals surface area contributed by atoms with Crippen LogP contribution in [0, 0.1) is 5.41 Å². The summed E-state index contributed by atoms with van der Waals surface area (Å²) in [4.78, 5) is 2.57. The second-order valence-electron chi connectivity index (χ2n) is 8.51. The van der Waals surface area contributed by atoms with Crippen molar-refractivity contribution in [2.75, 3.05) is 19.7 Å². The number of likely N-dealkylation sites (tertiary alicyclic amines) is 1. The second-order valence-corrected chi connectivity index (χ2v) is 8.51. The zero-order valence-electron chi connectivity index (χ0n) is 16.0. The molecule has 2 aromatic carbocycles. The van der Waals surface area contributed by atoms with Gasteiger partial charge < -0.3 is 9.84 Å². The predicted molar refractivity (Wildman–Crippen MR) is 105 cm³/mol. The number of fused-ring (bicyclic) bond motifs is 2. The van der Waals surface area contributed by atoms with Crippen LogP contribution in [0.25, 0.3) is 0 Å². The molecule has 1 aliphatic heterocycles. The van der Waals surface area contributed by atoms with E-state index < -0.39 is 0 Å². The molecule has 1 N–H and O–H groups in total. The van der Waals surface area contributed by atoms with Gasteiger partial charge in [-0.25, -0.2) is 0 Å². The van der Waals surface area contributed by atoms with Crippen LogP contribution in [0.3, 0.4) is 0 Å². The van der Waals surface area contributed by atoms with Gasteiger partial charge in [0, 0.05) is 12.6 Å². The average molecular weight is 351 g/mol. The molecule has 0 amide bonds. The quantitative estimate of drug-likeness (QED) is 0.887. The number of phenols is 1. The molecule has 4 rings (SSSR count). The number of phenolic OH excluding ortho intramolecular Hbond substituents is 1. The molecule has 0 radical (unpaired) electrons. The largest absolute Gasteiger partial charge is 0.508 e. The first-order valence-electron chi connectivity index (χ1n) is 9.67. The molecule has 0 saturated carbocycles. The number of aromatic hydroxyl groups is 1. The van der Waals surface area contributed by atoms with Crippen LogP contribution in [0.15, 0.2) is 48.5 Å². The van der Waals surface area contributed by atoms with Crippen molar-refractivity contribution in [1.82, 2.24) is 4.90 Å². The Labute approximate surface area is 156 Å². The lowest BCUT2D eigenvalue weighted by molar-refractivity contribution is 0.0724. The zero-order chi connectivity index (χ0) is 18.4. The average Bonchev–Trinajstić information content (AvgIpc) is 2.95. The molecule has 3 nitrogen and oxygen atoms in total. The first-order chi connectivity index (χ1) is 12.4. The molecule has 0 bridgehead atoms. The molecule has 2 atom stereocenters. The van der Waals surface area contributed by atoms with E-state index in [1.807, 2.05) is 42.5 Å². The van der Waals surface area contributed by atoms with Gasteiger partial charge in [0.05, 0.1) is 0 Å². The molecule has 2 unspecified atom stereocenters. The summed E-state index contributed by atoms with van der Waals surface area (Å²) in [5.74, 6) is 1.38. The molecule has 26 heavy (non-hydrogen) atoms. The Morgan fingerprint density at radius 3 is 2.62 bits per heavy atom. The number of ether oxygens (including phenoxy) is 1. The Morgan fingerprint density at radius 2 is 1.85 bits per heavy atom. The lowest BCUT2D eigenvalue weighted by Crippen LogP contribution is -2.53. The molecule has 0 spiro atoms. The van der Waals surface area contributed by atoms with E-state index in [0.717, 1.165) is 30.8 Å². The van der Waals surface area contributed by atoms with Gasteiger partial charge in [-0.3, -0.25) is 4.90 Å². The van der Waals surface area contributed by atoms with Gasteiger partial charge in [-0.05, 0) is 59.5 Å². The molecule has 138 valence electrons. The molecule has 1 heterocycles. The fourth-order valence-electron chi connectivity index (χ4n) is 5.13. The first kappa shape index (κ1) is 17.4. The van der Waals surface area contributed by atoms with Crippen molar-refractivity contribution in [3.8, 4) is 11.5 Å². The highest BCUT2D eigenvalue weighted by Crippen LogP contribution is 2.57. The third-order valence-corrected chi connectivity index (χ3v) is 7.13.